The zero-order valence-electron chi connectivity index (χ0n) is 17.4. The standard InChI is InChI=1S/C22H24F3N3O3S/c23-22(24,25)15-28-14-21(27-32(28,29)30)19-6-7-20(21)13-18-11-16(4-5-17(18)12-19)3-1-2-9-31-10-8-26/h4-5,11,19-20,27H,2,6-7,9-10,12-15H2/t19-,20+,21+/m0/s1. The summed E-state index contributed by atoms with van der Waals surface area (Å²) >= 11 is 0. The Hall–Kier alpha value is -2.11. The maximum atomic E-state index is 13.0. The number of ether oxygens (including phenoxy) is 1. The third-order valence-corrected chi connectivity index (χ3v) is 8.26. The van der Waals surface area contributed by atoms with Crippen LogP contribution in [0.4, 0.5) is 13.2 Å². The Morgan fingerprint density at radius 2 is 1.94 bits per heavy atom. The molecule has 4 rings (SSSR count). The van der Waals surface area contributed by atoms with Gasteiger partial charge in [0.2, 0.25) is 0 Å². The molecule has 1 heterocycles. The topological polar surface area (TPSA) is 82.4 Å². The molecule has 0 radical (unpaired) electrons. The van der Waals surface area contributed by atoms with Gasteiger partial charge in [0.15, 0.2) is 0 Å². The average Bonchev–Trinajstić information content (AvgIpc) is 3.08. The van der Waals surface area contributed by atoms with E-state index in [4.69, 9.17) is 10.00 Å². The highest BCUT2D eigenvalue weighted by Crippen LogP contribution is 2.50. The molecule has 1 aliphatic heterocycles. The van der Waals surface area contributed by atoms with Gasteiger partial charge in [-0.25, -0.2) is 0 Å². The Bertz CT molecular complexity index is 1090. The van der Waals surface area contributed by atoms with Gasteiger partial charge in [0, 0.05) is 18.5 Å². The molecular weight excluding hydrogens is 443 g/mol. The van der Waals surface area contributed by atoms with Gasteiger partial charge in [0.1, 0.15) is 13.2 Å². The fraction of sp³-hybridized carbons (Fsp3) is 0.591. The molecule has 2 aliphatic carbocycles. The van der Waals surface area contributed by atoms with Crippen molar-refractivity contribution in [2.75, 3.05) is 26.3 Å². The molecule has 2 fully saturated rings. The van der Waals surface area contributed by atoms with Crippen LogP contribution in [0.2, 0.25) is 0 Å². The van der Waals surface area contributed by atoms with Crippen molar-refractivity contribution in [1.82, 2.24) is 9.03 Å². The second-order valence-electron chi connectivity index (χ2n) is 8.66. The van der Waals surface area contributed by atoms with E-state index in [0.717, 1.165) is 29.5 Å². The lowest BCUT2D eigenvalue weighted by molar-refractivity contribution is -0.136. The van der Waals surface area contributed by atoms with Crippen LogP contribution in [0.15, 0.2) is 18.2 Å². The van der Waals surface area contributed by atoms with Gasteiger partial charge in [-0.05, 0) is 60.8 Å². The van der Waals surface area contributed by atoms with Crippen LogP contribution in [0.5, 0.6) is 0 Å². The summed E-state index contributed by atoms with van der Waals surface area (Å²) in [6.07, 6.45) is -1.28. The number of hydrogen-bond acceptors (Lipinski definition) is 4. The normalized spacial score (nSPS) is 28.6. The van der Waals surface area contributed by atoms with Crippen LogP contribution in [0.3, 0.4) is 0 Å². The zero-order chi connectivity index (χ0) is 23.0. The first-order valence-electron chi connectivity index (χ1n) is 10.5. The largest absolute Gasteiger partial charge is 0.402 e. The monoisotopic (exact) mass is 467 g/mol. The molecule has 172 valence electrons. The number of alkyl halides is 3. The van der Waals surface area contributed by atoms with E-state index in [1.165, 1.54) is 0 Å². The van der Waals surface area contributed by atoms with Gasteiger partial charge in [-0.3, -0.25) is 0 Å². The molecule has 10 heteroatoms. The van der Waals surface area contributed by atoms with Gasteiger partial charge >= 0.3 is 6.18 Å². The predicted octanol–water partition coefficient (Wildman–Crippen LogP) is 2.54. The Morgan fingerprint density at radius 3 is 2.62 bits per heavy atom. The van der Waals surface area contributed by atoms with E-state index in [-0.39, 0.29) is 25.0 Å². The van der Waals surface area contributed by atoms with Crippen molar-refractivity contribution in [3.63, 3.8) is 0 Å². The first-order chi connectivity index (χ1) is 15.1. The van der Waals surface area contributed by atoms with Crippen LogP contribution < -0.4 is 4.72 Å². The summed E-state index contributed by atoms with van der Waals surface area (Å²) in [4.78, 5) is 0. The van der Waals surface area contributed by atoms with E-state index in [1.54, 1.807) is 0 Å². The number of nitriles is 1. The molecule has 1 N–H and O–H groups in total. The molecule has 1 aromatic carbocycles. The lowest BCUT2D eigenvalue weighted by atomic mass is 9.79. The molecule has 32 heavy (non-hydrogen) atoms. The zero-order valence-corrected chi connectivity index (χ0v) is 18.2. The molecule has 3 aliphatic rings. The minimum Gasteiger partial charge on any atom is -0.366 e. The van der Waals surface area contributed by atoms with Crippen molar-refractivity contribution in [3.8, 4) is 17.9 Å². The SMILES string of the molecule is N#CCOCCC#Cc1ccc2c(c1)C[C@H]1CC[C@@H](C2)[C@]12CN(CC(F)(F)F)S(=O)(=O)N2. The van der Waals surface area contributed by atoms with Crippen molar-refractivity contribution >= 4 is 10.2 Å². The molecule has 0 unspecified atom stereocenters. The molecule has 1 spiro atoms. The molecule has 1 saturated heterocycles. The summed E-state index contributed by atoms with van der Waals surface area (Å²) in [5.41, 5.74) is 2.15. The summed E-state index contributed by atoms with van der Waals surface area (Å²) in [6.45, 7) is -1.19. The molecule has 2 bridgehead atoms. The fourth-order valence-corrected chi connectivity index (χ4v) is 7.04. The minimum atomic E-state index is -4.58. The Balaban J connectivity index is 1.53. The van der Waals surface area contributed by atoms with Crippen molar-refractivity contribution < 1.29 is 26.3 Å². The van der Waals surface area contributed by atoms with Gasteiger partial charge < -0.3 is 4.74 Å². The summed E-state index contributed by atoms with van der Waals surface area (Å²) in [6, 6.07) is 7.82. The molecule has 0 aromatic heterocycles. The Kier molecular flexibility index (Phi) is 6.25. The van der Waals surface area contributed by atoms with Crippen molar-refractivity contribution in [3.05, 3.63) is 34.9 Å². The van der Waals surface area contributed by atoms with Crippen LogP contribution >= 0.6 is 0 Å². The van der Waals surface area contributed by atoms with Crippen LogP contribution in [0, 0.1) is 35.0 Å². The van der Waals surface area contributed by atoms with E-state index in [9.17, 15) is 21.6 Å². The van der Waals surface area contributed by atoms with E-state index >= 15 is 0 Å². The minimum absolute atomic E-state index is 0.0367. The van der Waals surface area contributed by atoms with Crippen LogP contribution in [0.1, 0.15) is 36.0 Å². The summed E-state index contributed by atoms with van der Waals surface area (Å²) in [5.74, 6) is 5.99. The van der Waals surface area contributed by atoms with Gasteiger partial charge in [-0.1, -0.05) is 17.9 Å². The molecule has 3 atom stereocenters. The first kappa shape index (κ1) is 23.1. The maximum Gasteiger partial charge on any atom is 0.402 e. The number of rotatable bonds is 4. The lowest BCUT2D eigenvalue weighted by Gasteiger charge is -2.33. The quantitative estimate of drug-likeness (QED) is 0.545. The number of fused-ring (bicyclic) bond motifs is 1. The van der Waals surface area contributed by atoms with Crippen molar-refractivity contribution in [1.29, 1.82) is 5.26 Å². The summed E-state index contributed by atoms with van der Waals surface area (Å²) in [7, 11) is -4.18. The number of benzene rings is 1. The first-order valence-corrected chi connectivity index (χ1v) is 12.0. The Labute approximate surface area is 185 Å². The second kappa shape index (κ2) is 8.68. The molecule has 1 aromatic rings. The Morgan fingerprint density at radius 1 is 1.22 bits per heavy atom. The molecule has 6 nitrogen and oxygen atoms in total. The van der Waals surface area contributed by atoms with E-state index in [0.29, 0.717) is 30.2 Å². The highest BCUT2D eigenvalue weighted by atomic mass is 32.2. The fourth-order valence-electron chi connectivity index (χ4n) is 5.33. The number of nitrogens with one attached hydrogen (secondary N) is 1. The van der Waals surface area contributed by atoms with E-state index in [2.05, 4.69) is 16.6 Å². The molecule has 0 amide bonds. The third-order valence-electron chi connectivity index (χ3n) is 6.68. The van der Waals surface area contributed by atoms with Crippen LogP contribution in [0.25, 0.3) is 0 Å². The highest BCUT2D eigenvalue weighted by molar-refractivity contribution is 7.87. The lowest BCUT2D eigenvalue weighted by Crippen LogP contribution is -2.52. The number of nitrogens with zero attached hydrogens (tertiary/aromatic N) is 2. The van der Waals surface area contributed by atoms with Gasteiger partial charge in [-0.2, -0.15) is 35.9 Å². The van der Waals surface area contributed by atoms with Crippen molar-refractivity contribution in [2.45, 2.75) is 43.8 Å². The third kappa shape index (κ3) is 4.65. The molecule has 1 saturated carbocycles. The van der Waals surface area contributed by atoms with E-state index in [1.807, 2.05) is 24.3 Å². The number of hydrogen-bond donors (Lipinski definition) is 1. The van der Waals surface area contributed by atoms with E-state index < -0.39 is 28.5 Å². The van der Waals surface area contributed by atoms with Crippen LogP contribution in [-0.2, 0) is 27.8 Å². The van der Waals surface area contributed by atoms with Crippen LogP contribution in [-0.4, -0.2) is 50.7 Å². The van der Waals surface area contributed by atoms with Gasteiger partial charge in [0.25, 0.3) is 10.2 Å². The van der Waals surface area contributed by atoms with Gasteiger partial charge in [-0.15, -0.1) is 0 Å². The smallest absolute Gasteiger partial charge is 0.366 e. The van der Waals surface area contributed by atoms with Crippen molar-refractivity contribution in [2.24, 2.45) is 11.8 Å². The maximum absolute atomic E-state index is 13.0. The molecular formula is C22H24F3N3O3S. The van der Waals surface area contributed by atoms with Gasteiger partial charge in [0.05, 0.1) is 18.2 Å². The highest BCUT2D eigenvalue weighted by Gasteiger charge is 2.60. The summed E-state index contributed by atoms with van der Waals surface area (Å²) < 4.78 is 72.3. The second-order valence-corrected chi connectivity index (χ2v) is 10.3. The number of halogens is 3. The predicted molar refractivity (Wildman–Crippen MR) is 110 cm³/mol. The average molecular weight is 468 g/mol. The summed E-state index contributed by atoms with van der Waals surface area (Å²) in [5, 5.41) is 8.45.